The summed E-state index contributed by atoms with van der Waals surface area (Å²) in [6.07, 6.45) is 3.84. The molecule has 30 heavy (non-hydrogen) atoms. The minimum absolute atomic E-state index is 0.0130. The molecule has 3 aromatic rings. The van der Waals surface area contributed by atoms with E-state index in [1.807, 2.05) is 29.2 Å². The molecule has 0 bridgehead atoms. The number of unbranched alkanes of at least 4 members (excludes halogenated alkanes) is 1. The van der Waals surface area contributed by atoms with E-state index in [1.54, 1.807) is 30.7 Å². The van der Waals surface area contributed by atoms with Gasteiger partial charge in [0.1, 0.15) is 10.3 Å². The maximum Gasteiger partial charge on any atom is 0.254 e. The molecule has 0 radical (unpaired) electrons. The number of fused-ring (bicyclic) bond motifs is 1. The summed E-state index contributed by atoms with van der Waals surface area (Å²) in [6.45, 7) is 5.57. The first-order chi connectivity index (χ1) is 14.7. The third-order valence-electron chi connectivity index (χ3n) is 5.16. The maximum absolute atomic E-state index is 13.0. The first-order valence-electron chi connectivity index (χ1n) is 10.3. The Morgan fingerprint density at radius 1 is 1.17 bits per heavy atom. The van der Waals surface area contributed by atoms with E-state index in [0.29, 0.717) is 36.8 Å². The third kappa shape index (κ3) is 4.33. The molecule has 0 unspecified atom stereocenters. The van der Waals surface area contributed by atoms with Crippen LogP contribution in [0.3, 0.4) is 0 Å². The molecular formula is C22H26N4O3S. The van der Waals surface area contributed by atoms with E-state index in [9.17, 15) is 4.79 Å². The average molecular weight is 427 g/mol. The molecule has 8 heteroatoms. The van der Waals surface area contributed by atoms with Crippen molar-refractivity contribution in [1.29, 1.82) is 0 Å². The van der Waals surface area contributed by atoms with Crippen molar-refractivity contribution in [3.63, 3.8) is 0 Å². The summed E-state index contributed by atoms with van der Waals surface area (Å²) in [5, 5.41) is 0.964. The van der Waals surface area contributed by atoms with Gasteiger partial charge in [0.2, 0.25) is 0 Å². The highest BCUT2D eigenvalue weighted by Gasteiger charge is 2.24. The second-order valence-electron chi connectivity index (χ2n) is 7.17. The number of pyridine rings is 1. The maximum atomic E-state index is 13.0. The quantitative estimate of drug-likeness (QED) is 0.535. The summed E-state index contributed by atoms with van der Waals surface area (Å²) < 4.78 is 11.2. The van der Waals surface area contributed by atoms with Crippen LogP contribution in [0.1, 0.15) is 30.1 Å². The molecule has 3 heterocycles. The lowest BCUT2D eigenvalue weighted by molar-refractivity contribution is 0.0746. The number of anilines is 1. The predicted octanol–water partition coefficient (Wildman–Crippen LogP) is 3.84. The van der Waals surface area contributed by atoms with Crippen LogP contribution in [0.4, 0.5) is 5.13 Å². The van der Waals surface area contributed by atoms with Crippen LogP contribution in [-0.2, 0) is 0 Å². The highest BCUT2D eigenvalue weighted by Crippen LogP contribution is 2.30. The molecular weight excluding hydrogens is 400 g/mol. The molecule has 0 atom stereocenters. The summed E-state index contributed by atoms with van der Waals surface area (Å²) in [5.41, 5.74) is 1.54. The number of piperazine rings is 1. The minimum Gasteiger partial charge on any atom is -0.493 e. The molecule has 1 aromatic carbocycles. The molecule has 1 aliphatic heterocycles. The zero-order valence-corrected chi connectivity index (χ0v) is 18.2. The fourth-order valence-corrected chi connectivity index (χ4v) is 4.38. The highest BCUT2D eigenvalue weighted by molar-refractivity contribution is 7.21. The van der Waals surface area contributed by atoms with E-state index in [-0.39, 0.29) is 5.91 Å². The summed E-state index contributed by atoms with van der Waals surface area (Å²) in [6, 6.07) is 9.29. The summed E-state index contributed by atoms with van der Waals surface area (Å²) in [5.74, 6) is 1.29. The van der Waals surface area contributed by atoms with Crippen molar-refractivity contribution in [2.75, 3.05) is 44.8 Å². The van der Waals surface area contributed by atoms with Gasteiger partial charge in [-0.1, -0.05) is 24.7 Å². The number of thiazole rings is 1. The molecule has 0 spiro atoms. The largest absolute Gasteiger partial charge is 0.493 e. The Hall–Kier alpha value is -2.87. The van der Waals surface area contributed by atoms with Gasteiger partial charge >= 0.3 is 0 Å². The number of methoxy groups -OCH3 is 1. The Balaban J connectivity index is 1.40. The number of aromatic nitrogens is 2. The normalized spacial score (nSPS) is 14.2. The number of carbonyl (C=O) groups is 1. The summed E-state index contributed by atoms with van der Waals surface area (Å²) in [4.78, 5) is 27.1. The van der Waals surface area contributed by atoms with Crippen molar-refractivity contribution in [2.24, 2.45) is 0 Å². The van der Waals surface area contributed by atoms with E-state index in [2.05, 4.69) is 21.8 Å². The smallest absolute Gasteiger partial charge is 0.254 e. The van der Waals surface area contributed by atoms with Crippen LogP contribution in [0.2, 0.25) is 0 Å². The van der Waals surface area contributed by atoms with Crippen molar-refractivity contribution >= 4 is 32.7 Å². The monoisotopic (exact) mass is 426 g/mol. The first-order valence-corrected chi connectivity index (χ1v) is 11.1. The van der Waals surface area contributed by atoms with Gasteiger partial charge in [-0.3, -0.25) is 4.79 Å². The Kier molecular flexibility index (Phi) is 6.32. The molecule has 1 saturated heterocycles. The van der Waals surface area contributed by atoms with Crippen LogP contribution in [0, 0.1) is 0 Å². The van der Waals surface area contributed by atoms with E-state index >= 15 is 0 Å². The van der Waals surface area contributed by atoms with Crippen molar-refractivity contribution in [1.82, 2.24) is 14.9 Å². The van der Waals surface area contributed by atoms with Crippen LogP contribution in [0.5, 0.6) is 11.5 Å². The minimum atomic E-state index is 0.0130. The molecule has 1 fully saturated rings. The highest BCUT2D eigenvalue weighted by atomic mass is 32.1. The van der Waals surface area contributed by atoms with Gasteiger partial charge in [0.15, 0.2) is 16.6 Å². The zero-order valence-electron chi connectivity index (χ0n) is 17.3. The average Bonchev–Trinajstić information content (AvgIpc) is 3.23. The van der Waals surface area contributed by atoms with Crippen molar-refractivity contribution < 1.29 is 14.3 Å². The fraction of sp³-hybridized carbons (Fsp3) is 0.409. The standard InChI is InChI=1S/C22H26N4O3S/c1-3-4-14-29-18-8-7-16(15-19(18)28-2)21(27)25-10-12-26(13-11-25)22-24-17-6-5-9-23-20(17)30-22/h5-9,15H,3-4,10-14H2,1-2H3. The van der Waals surface area contributed by atoms with Gasteiger partial charge in [0, 0.05) is 37.9 Å². The molecule has 0 aliphatic carbocycles. The SMILES string of the molecule is CCCCOc1ccc(C(=O)N2CCN(c3nc4cccnc4s3)CC2)cc1OC. The van der Waals surface area contributed by atoms with Gasteiger partial charge in [-0.2, -0.15) is 0 Å². The molecule has 4 rings (SSSR count). The third-order valence-corrected chi connectivity index (χ3v) is 6.20. The second kappa shape index (κ2) is 9.30. The van der Waals surface area contributed by atoms with Crippen LogP contribution in [-0.4, -0.2) is 60.7 Å². The van der Waals surface area contributed by atoms with Gasteiger partial charge in [-0.25, -0.2) is 9.97 Å². The van der Waals surface area contributed by atoms with Gasteiger partial charge in [-0.05, 0) is 36.8 Å². The molecule has 0 N–H and O–H groups in total. The lowest BCUT2D eigenvalue weighted by Gasteiger charge is -2.34. The number of hydrogen-bond acceptors (Lipinski definition) is 7. The van der Waals surface area contributed by atoms with Crippen molar-refractivity contribution in [3.05, 3.63) is 42.1 Å². The molecule has 7 nitrogen and oxygen atoms in total. The van der Waals surface area contributed by atoms with Crippen LogP contribution < -0.4 is 14.4 Å². The summed E-state index contributed by atoms with van der Waals surface area (Å²) >= 11 is 1.59. The van der Waals surface area contributed by atoms with Gasteiger partial charge in [0.05, 0.1) is 13.7 Å². The van der Waals surface area contributed by atoms with E-state index in [4.69, 9.17) is 9.47 Å². The zero-order chi connectivity index (χ0) is 20.9. The predicted molar refractivity (Wildman–Crippen MR) is 119 cm³/mol. The first kappa shape index (κ1) is 20.4. The number of ether oxygens (including phenoxy) is 2. The van der Waals surface area contributed by atoms with Gasteiger partial charge in [-0.15, -0.1) is 0 Å². The van der Waals surface area contributed by atoms with Crippen molar-refractivity contribution in [2.45, 2.75) is 19.8 Å². The second-order valence-corrected chi connectivity index (χ2v) is 8.13. The molecule has 0 saturated carbocycles. The number of hydrogen-bond donors (Lipinski definition) is 0. The Bertz CT molecular complexity index is 982. The Morgan fingerprint density at radius 3 is 2.73 bits per heavy atom. The van der Waals surface area contributed by atoms with Gasteiger partial charge < -0.3 is 19.3 Å². The number of carbonyl (C=O) groups excluding carboxylic acids is 1. The fourth-order valence-electron chi connectivity index (χ4n) is 3.42. The van der Waals surface area contributed by atoms with Crippen LogP contribution in [0.15, 0.2) is 36.5 Å². The lowest BCUT2D eigenvalue weighted by Crippen LogP contribution is -2.48. The molecule has 1 amide bonds. The van der Waals surface area contributed by atoms with E-state index in [0.717, 1.165) is 41.4 Å². The number of benzene rings is 1. The molecule has 158 valence electrons. The van der Waals surface area contributed by atoms with Crippen LogP contribution >= 0.6 is 11.3 Å². The number of rotatable bonds is 7. The van der Waals surface area contributed by atoms with Gasteiger partial charge in [0.25, 0.3) is 5.91 Å². The molecule has 2 aromatic heterocycles. The molecule has 1 aliphatic rings. The Morgan fingerprint density at radius 2 is 2.00 bits per heavy atom. The topological polar surface area (TPSA) is 67.8 Å². The number of amides is 1. The van der Waals surface area contributed by atoms with Crippen molar-refractivity contribution in [3.8, 4) is 11.5 Å². The van der Waals surface area contributed by atoms with E-state index < -0.39 is 0 Å². The van der Waals surface area contributed by atoms with Crippen LogP contribution in [0.25, 0.3) is 10.3 Å². The number of nitrogens with zero attached hydrogens (tertiary/aromatic N) is 4. The lowest BCUT2D eigenvalue weighted by atomic mass is 10.1. The Labute approximate surface area is 180 Å². The summed E-state index contributed by atoms with van der Waals surface area (Å²) in [7, 11) is 1.60. The van der Waals surface area contributed by atoms with E-state index in [1.165, 1.54) is 0 Å².